The number of carbonyl (C=O) groups is 1. The van der Waals surface area contributed by atoms with Crippen LogP contribution in [0.15, 0.2) is 71.8 Å². The third kappa shape index (κ3) is 4.57. The van der Waals surface area contributed by atoms with Crippen LogP contribution in [-0.4, -0.2) is 30.0 Å². The van der Waals surface area contributed by atoms with E-state index in [1.165, 1.54) is 6.26 Å². The molecule has 0 fully saturated rings. The SMILES string of the molecule is Cc1ccc(-c2nc3ccc(C)cn3c2CC(=O)NCc2ccccc2S(C)(=O)=O)cc1. The van der Waals surface area contributed by atoms with Crippen molar-refractivity contribution in [3.05, 3.63) is 89.2 Å². The average Bonchev–Trinajstić information content (AvgIpc) is 3.10. The topological polar surface area (TPSA) is 80.5 Å². The first-order valence-electron chi connectivity index (χ1n) is 10.3. The quantitative estimate of drug-likeness (QED) is 0.486. The van der Waals surface area contributed by atoms with E-state index >= 15 is 0 Å². The number of hydrogen-bond donors (Lipinski definition) is 1. The van der Waals surface area contributed by atoms with Crippen molar-refractivity contribution in [2.24, 2.45) is 0 Å². The van der Waals surface area contributed by atoms with E-state index in [0.717, 1.165) is 33.7 Å². The van der Waals surface area contributed by atoms with Crippen LogP contribution in [0.25, 0.3) is 16.9 Å². The maximum absolute atomic E-state index is 12.9. The highest BCUT2D eigenvalue weighted by atomic mass is 32.2. The van der Waals surface area contributed by atoms with Crippen LogP contribution in [0.1, 0.15) is 22.4 Å². The maximum atomic E-state index is 12.9. The molecule has 6 nitrogen and oxygen atoms in total. The van der Waals surface area contributed by atoms with Crippen molar-refractivity contribution in [1.29, 1.82) is 0 Å². The fraction of sp³-hybridized carbons (Fsp3) is 0.200. The molecule has 0 saturated heterocycles. The maximum Gasteiger partial charge on any atom is 0.226 e. The zero-order valence-electron chi connectivity index (χ0n) is 18.3. The molecule has 2 heterocycles. The second-order valence-electron chi connectivity index (χ2n) is 8.04. The molecule has 0 aliphatic rings. The number of imidazole rings is 1. The Morgan fingerprint density at radius 2 is 1.66 bits per heavy atom. The van der Waals surface area contributed by atoms with Gasteiger partial charge in [0.15, 0.2) is 9.84 Å². The third-order valence-electron chi connectivity index (χ3n) is 5.37. The predicted molar refractivity (Wildman–Crippen MR) is 125 cm³/mol. The Morgan fingerprint density at radius 3 is 2.38 bits per heavy atom. The monoisotopic (exact) mass is 447 g/mol. The fourth-order valence-electron chi connectivity index (χ4n) is 3.73. The predicted octanol–water partition coefficient (Wildman–Crippen LogP) is 3.88. The summed E-state index contributed by atoms with van der Waals surface area (Å²) in [5.74, 6) is -0.204. The van der Waals surface area contributed by atoms with Gasteiger partial charge >= 0.3 is 0 Å². The van der Waals surface area contributed by atoms with E-state index in [-0.39, 0.29) is 23.8 Å². The minimum Gasteiger partial charge on any atom is -0.352 e. The van der Waals surface area contributed by atoms with Crippen LogP contribution in [0.5, 0.6) is 0 Å². The van der Waals surface area contributed by atoms with E-state index in [1.807, 2.05) is 60.8 Å². The number of fused-ring (bicyclic) bond motifs is 1. The first kappa shape index (κ1) is 21.8. The molecule has 0 radical (unpaired) electrons. The van der Waals surface area contributed by atoms with E-state index in [9.17, 15) is 13.2 Å². The second-order valence-corrected chi connectivity index (χ2v) is 10.0. The smallest absolute Gasteiger partial charge is 0.226 e. The van der Waals surface area contributed by atoms with Gasteiger partial charge in [-0.1, -0.05) is 54.1 Å². The zero-order chi connectivity index (χ0) is 22.9. The summed E-state index contributed by atoms with van der Waals surface area (Å²) in [6.07, 6.45) is 3.26. The number of carbonyl (C=O) groups excluding carboxylic acids is 1. The summed E-state index contributed by atoms with van der Waals surface area (Å²) in [6.45, 7) is 4.16. The van der Waals surface area contributed by atoms with Crippen LogP contribution in [0, 0.1) is 13.8 Å². The van der Waals surface area contributed by atoms with Gasteiger partial charge in [0, 0.05) is 24.6 Å². The van der Waals surface area contributed by atoms with Crippen LogP contribution >= 0.6 is 0 Å². The lowest BCUT2D eigenvalue weighted by Crippen LogP contribution is -2.26. The van der Waals surface area contributed by atoms with Crippen LogP contribution < -0.4 is 5.32 Å². The van der Waals surface area contributed by atoms with E-state index in [0.29, 0.717) is 5.56 Å². The van der Waals surface area contributed by atoms with Crippen molar-refractivity contribution in [3.8, 4) is 11.3 Å². The van der Waals surface area contributed by atoms with Gasteiger partial charge in [-0.2, -0.15) is 0 Å². The number of rotatable bonds is 6. The number of hydrogen-bond acceptors (Lipinski definition) is 4. The minimum atomic E-state index is -3.38. The lowest BCUT2D eigenvalue weighted by atomic mass is 10.1. The standard InChI is InChI=1S/C25H25N3O3S/c1-17-8-11-19(12-9-17)25-21(28-16-18(2)10-13-23(28)27-25)14-24(29)26-15-20-6-4-5-7-22(20)32(3,30)31/h4-13,16H,14-15H2,1-3H3,(H,26,29). The Hall–Kier alpha value is -3.45. The Balaban J connectivity index is 1.64. The van der Waals surface area contributed by atoms with Crippen LogP contribution in [0.4, 0.5) is 0 Å². The van der Waals surface area contributed by atoms with Crippen molar-refractivity contribution in [2.75, 3.05) is 6.26 Å². The summed E-state index contributed by atoms with van der Waals surface area (Å²) in [4.78, 5) is 17.9. The van der Waals surface area contributed by atoms with Gasteiger partial charge in [0.1, 0.15) is 5.65 Å². The summed E-state index contributed by atoms with van der Waals surface area (Å²) in [5.41, 5.74) is 6.06. The van der Waals surface area contributed by atoms with Crippen molar-refractivity contribution in [2.45, 2.75) is 31.7 Å². The normalized spacial score (nSPS) is 11.6. The van der Waals surface area contributed by atoms with Crippen LogP contribution in [0.2, 0.25) is 0 Å². The summed E-state index contributed by atoms with van der Waals surface area (Å²) in [6, 6.07) is 18.7. The van der Waals surface area contributed by atoms with Gasteiger partial charge in [-0.05, 0) is 37.1 Å². The molecule has 0 aliphatic heterocycles. The van der Waals surface area contributed by atoms with E-state index in [4.69, 9.17) is 4.98 Å². The number of amides is 1. The Kier molecular flexibility index (Phi) is 5.84. The van der Waals surface area contributed by atoms with Gasteiger partial charge in [-0.3, -0.25) is 4.79 Å². The van der Waals surface area contributed by atoms with E-state index in [2.05, 4.69) is 5.32 Å². The van der Waals surface area contributed by atoms with Crippen molar-refractivity contribution >= 4 is 21.4 Å². The number of sulfone groups is 1. The summed E-state index contributed by atoms with van der Waals surface area (Å²) >= 11 is 0. The first-order valence-corrected chi connectivity index (χ1v) is 12.2. The molecule has 0 saturated carbocycles. The molecule has 164 valence electrons. The van der Waals surface area contributed by atoms with Gasteiger partial charge in [0.05, 0.1) is 22.7 Å². The highest BCUT2D eigenvalue weighted by Crippen LogP contribution is 2.26. The number of benzene rings is 2. The molecule has 0 atom stereocenters. The molecule has 32 heavy (non-hydrogen) atoms. The van der Waals surface area contributed by atoms with Gasteiger partial charge in [0.2, 0.25) is 5.91 Å². The molecule has 1 N–H and O–H groups in total. The van der Waals surface area contributed by atoms with Crippen LogP contribution in [0.3, 0.4) is 0 Å². The summed E-state index contributed by atoms with van der Waals surface area (Å²) < 4.78 is 26.0. The molecule has 2 aromatic heterocycles. The lowest BCUT2D eigenvalue weighted by molar-refractivity contribution is -0.120. The summed E-state index contributed by atoms with van der Waals surface area (Å²) in [5, 5.41) is 2.87. The minimum absolute atomic E-state index is 0.120. The molecule has 0 unspecified atom stereocenters. The first-order chi connectivity index (χ1) is 15.2. The van der Waals surface area contributed by atoms with Crippen LogP contribution in [-0.2, 0) is 27.6 Å². The molecule has 4 rings (SSSR count). The van der Waals surface area contributed by atoms with Crippen molar-refractivity contribution in [1.82, 2.24) is 14.7 Å². The number of aromatic nitrogens is 2. The Morgan fingerprint density at radius 1 is 0.969 bits per heavy atom. The van der Waals surface area contributed by atoms with Crippen molar-refractivity contribution in [3.63, 3.8) is 0 Å². The molecule has 1 amide bonds. The highest BCUT2D eigenvalue weighted by Gasteiger charge is 2.18. The number of pyridine rings is 1. The number of aryl methyl sites for hydroxylation is 2. The summed E-state index contributed by atoms with van der Waals surface area (Å²) in [7, 11) is -3.38. The van der Waals surface area contributed by atoms with Gasteiger partial charge < -0.3 is 9.72 Å². The van der Waals surface area contributed by atoms with E-state index in [1.54, 1.807) is 24.3 Å². The largest absolute Gasteiger partial charge is 0.352 e. The Bertz CT molecular complexity index is 1400. The number of nitrogens with zero attached hydrogens (tertiary/aromatic N) is 2. The molecule has 7 heteroatoms. The Labute approximate surface area is 187 Å². The third-order valence-corrected chi connectivity index (χ3v) is 6.56. The number of nitrogens with one attached hydrogen (secondary N) is 1. The fourth-order valence-corrected chi connectivity index (χ4v) is 4.67. The molecular weight excluding hydrogens is 422 g/mol. The van der Waals surface area contributed by atoms with Gasteiger partial charge in [-0.15, -0.1) is 0 Å². The molecular formula is C25H25N3O3S. The van der Waals surface area contributed by atoms with E-state index < -0.39 is 9.84 Å². The van der Waals surface area contributed by atoms with Gasteiger partial charge in [0.25, 0.3) is 0 Å². The van der Waals surface area contributed by atoms with Crippen molar-refractivity contribution < 1.29 is 13.2 Å². The molecule has 2 aromatic carbocycles. The molecule has 0 aliphatic carbocycles. The molecule has 0 bridgehead atoms. The molecule has 0 spiro atoms. The highest BCUT2D eigenvalue weighted by molar-refractivity contribution is 7.90. The second kappa shape index (κ2) is 8.59. The average molecular weight is 448 g/mol. The zero-order valence-corrected chi connectivity index (χ0v) is 19.1. The van der Waals surface area contributed by atoms with Gasteiger partial charge in [-0.25, -0.2) is 13.4 Å². The molecule has 4 aromatic rings. The lowest BCUT2D eigenvalue weighted by Gasteiger charge is -2.10.